The van der Waals surface area contributed by atoms with E-state index in [2.05, 4.69) is 29.4 Å². The highest BCUT2D eigenvalue weighted by Crippen LogP contribution is 2.22. The van der Waals surface area contributed by atoms with Crippen LogP contribution in [0.15, 0.2) is 24.4 Å². The first-order chi connectivity index (χ1) is 8.17. The number of nitrogens with one attached hydrogen (secondary N) is 2. The first kappa shape index (κ1) is 11.9. The van der Waals surface area contributed by atoms with Crippen LogP contribution in [0.2, 0.25) is 0 Å². The van der Waals surface area contributed by atoms with Crippen LogP contribution in [0, 0.1) is 5.41 Å². The Balaban J connectivity index is 2.08. The van der Waals surface area contributed by atoms with Crippen LogP contribution in [0.25, 0.3) is 10.9 Å². The second-order valence-electron chi connectivity index (χ2n) is 4.85. The highest BCUT2D eigenvalue weighted by Gasteiger charge is 2.20. The number of rotatable bonds is 5. The highest BCUT2D eigenvalue weighted by molar-refractivity contribution is 5.81. The van der Waals surface area contributed by atoms with E-state index in [1.54, 1.807) is 0 Å². The van der Waals surface area contributed by atoms with Crippen LogP contribution in [0.5, 0.6) is 0 Å². The molecule has 0 saturated heterocycles. The molecular formula is C13H19N3O. The van der Waals surface area contributed by atoms with E-state index in [1.807, 2.05) is 24.4 Å². The van der Waals surface area contributed by atoms with Crippen molar-refractivity contribution in [3.05, 3.63) is 24.4 Å². The summed E-state index contributed by atoms with van der Waals surface area (Å²) in [5.74, 6) is 0. The summed E-state index contributed by atoms with van der Waals surface area (Å²) in [6.45, 7) is 5.13. The molecule has 1 aromatic carbocycles. The van der Waals surface area contributed by atoms with Gasteiger partial charge in [0.15, 0.2) is 0 Å². The maximum Gasteiger partial charge on any atom is 0.0670 e. The molecule has 1 atom stereocenters. The Morgan fingerprint density at radius 2 is 2.29 bits per heavy atom. The minimum Gasteiger partial charge on any atom is -0.396 e. The summed E-state index contributed by atoms with van der Waals surface area (Å²) < 4.78 is 0. The number of hydrogen-bond acceptors (Lipinski definition) is 3. The van der Waals surface area contributed by atoms with E-state index in [-0.39, 0.29) is 12.0 Å². The number of aromatic amines is 1. The van der Waals surface area contributed by atoms with Gasteiger partial charge in [0.2, 0.25) is 0 Å². The molecule has 0 bridgehead atoms. The zero-order valence-electron chi connectivity index (χ0n) is 10.3. The second kappa shape index (κ2) is 4.75. The number of hydrogen-bond donors (Lipinski definition) is 3. The first-order valence-electron chi connectivity index (χ1n) is 5.95. The van der Waals surface area contributed by atoms with Gasteiger partial charge in [-0.25, -0.2) is 0 Å². The van der Waals surface area contributed by atoms with E-state index in [4.69, 9.17) is 0 Å². The van der Waals surface area contributed by atoms with Crippen LogP contribution in [0.3, 0.4) is 0 Å². The van der Waals surface area contributed by atoms with E-state index >= 15 is 0 Å². The molecule has 4 nitrogen and oxygen atoms in total. The van der Waals surface area contributed by atoms with Gasteiger partial charge in [-0.2, -0.15) is 5.10 Å². The van der Waals surface area contributed by atoms with Gasteiger partial charge < -0.3 is 10.4 Å². The van der Waals surface area contributed by atoms with E-state index in [0.29, 0.717) is 0 Å². The number of aliphatic hydroxyl groups excluding tert-OH is 1. The van der Waals surface area contributed by atoms with Gasteiger partial charge in [-0.1, -0.05) is 13.8 Å². The predicted molar refractivity (Wildman–Crippen MR) is 70.1 cm³/mol. The molecular weight excluding hydrogens is 214 g/mol. The average Bonchev–Trinajstić information content (AvgIpc) is 2.83. The Bertz CT molecular complexity index is 488. The summed E-state index contributed by atoms with van der Waals surface area (Å²) in [6, 6.07) is 6.10. The van der Waals surface area contributed by atoms with Crippen molar-refractivity contribution in [2.24, 2.45) is 5.41 Å². The van der Waals surface area contributed by atoms with Gasteiger partial charge in [-0.05, 0) is 24.6 Å². The number of H-pyrrole nitrogens is 1. The zero-order valence-corrected chi connectivity index (χ0v) is 10.3. The Morgan fingerprint density at radius 1 is 1.47 bits per heavy atom. The van der Waals surface area contributed by atoms with E-state index in [0.717, 1.165) is 29.6 Å². The summed E-state index contributed by atoms with van der Waals surface area (Å²) in [5.41, 5.74) is 2.01. The number of aromatic nitrogens is 2. The van der Waals surface area contributed by atoms with Crippen molar-refractivity contribution in [3.8, 4) is 0 Å². The van der Waals surface area contributed by atoms with Crippen LogP contribution in [-0.4, -0.2) is 28.5 Å². The monoisotopic (exact) mass is 233 g/mol. The smallest absolute Gasteiger partial charge is 0.0670 e. The van der Waals surface area contributed by atoms with Gasteiger partial charge in [-0.3, -0.25) is 5.10 Å². The van der Waals surface area contributed by atoms with Crippen LogP contribution >= 0.6 is 0 Å². The average molecular weight is 233 g/mol. The van der Waals surface area contributed by atoms with E-state index in [9.17, 15) is 5.11 Å². The van der Waals surface area contributed by atoms with Gasteiger partial charge in [-0.15, -0.1) is 0 Å². The molecule has 2 aromatic rings. The molecule has 0 saturated carbocycles. The molecule has 92 valence electrons. The fourth-order valence-corrected chi connectivity index (χ4v) is 1.66. The molecule has 0 aliphatic rings. The third kappa shape index (κ3) is 2.58. The lowest BCUT2D eigenvalue weighted by Crippen LogP contribution is -2.29. The molecule has 0 spiro atoms. The second-order valence-corrected chi connectivity index (χ2v) is 4.85. The minimum absolute atomic E-state index is 0.0665. The highest BCUT2D eigenvalue weighted by atomic mass is 16.3. The van der Waals surface area contributed by atoms with Crippen molar-refractivity contribution < 1.29 is 5.11 Å². The number of anilines is 1. The Labute approximate surface area is 101 Å². The quantitative estimate of drug-likeness (QED) is 0.743. The molecule has 0 fully saturated rings. The number of nitrogens with zero attached hydrogens (tertiary/aromatic N) is 1. The van der Waals surface area contributed by atoms with Gasteiger partial charge in [0.05, 0.1) is 18.3 Å². The molecule has 1 unspecified atom stereocenters. The fourth-order valence-electron chi connectivity index (χ4n) is 1.66. The number of aliphatic hydroxyl groups is 1. The van der Waals surface area contributed by atoms with Crippen molar-refractivity contribution in [3.63, 3.8) is 0 Å². The molecule has 3 N–H and O–H groups in total. The summed E-state index contributed by atoms with van der Waals surface area (Å²) in [4.78, 5) is 0. The summed E-state index contributed by atoms with van der Waals surface area (Å²) in [5, 5.41) is 20.8. The topological polar surface area (TPSA) is 60.9 Å². The van der Waals surface area contributed by atoms with Crippen molar-refractivity contribution in [1.29, 1.82) is 0 Å². The van der Waals surface area contributed by atoms with Crippen molar-refractivity contribution >= 4 is 16.6 Å². The van der Waals surface area contributed by atoms with Crippen LogP contribution < -0.4 is 5.32 Å². The van der Waals surface area contributed by atoms with E-state index < -0.39 is 0 Å². The summed E-state index contributed by atoms with van der Waals surface area (Å²) in [6.07, 6.45) is 2.76. The van der Waals surface area contributed by atoms with Crippen molar-refractivity contribution in [1.82, 2.24) is 10.2 Å². The van der Waals surface area contributed by atoms with Gasteiger partial charge >= 0.3 is 0 Å². The minimum atomic E-state index is -0.0665. The molecule has 4 heteroatoms. The zero-order chi connectivity index (χ0) is 12.3. The molecule has 17 heavy (non-hydrogen) atoms. The van der Waals surface area contributed by atoms with E-state index in [1.165, 1.54) is 0 Å². The fraction of sp³-hybridized carbons (Fsp3) is 0.462. The Morgan fingerprint density at radius 3 is 3.00 bits per heavy atom. The molecule has 0 aliphatic heterocycles. The predicted octanol–water partition coefficient (Wildman–Crippen LogP) is 2.38. The summed E-state index contributed by atoms with van der Waals surface area (Å²) >= 11 is 0. The van der Waals surface area contributed by atoms with Crippen molar-refractivity contribution in [2.75, 3.05) is 18.5 Å². The third-order valence-electron chi connectivity index (χ3n) is 3.40. The summed E-state index contributed by atoms with van der Waals surface area (Å²) in [7, 11) is 0. The third-order valence-corrected chi connectivity index (χ3v) is 3.40. The van der Waals surface area contributed by atoms with Crippen LogP contribution in [-0.2, 0) is 0 Å². The normalized spacial score (nSPS) is 14.8. The van der Waals surface area contributed by atoms with Crippen LogP contribution in [0.4, 0.5) is 5.69 Å². The van der Waals surface area contributed by atoms with Gasteiger partial charge in [0.1, 0.15) is 0 Å². The van der Waals surface area contributed by atoms with Gasteiger partial charge in [0.25, 0.3) is 0 Å². The lowest BCUT2D eigenvalue weighted by molar-refractivity contribution is 0.149. The number of benzene rings is 1. The molecule has 0 radical (unpaired) electrons. The van der Waals surface area contributed by atoms with Crippen LogP contribution in [0.1, 0.15) is 20.3 Å². The standard InChI is InChI=1S/C13H19N3O/c1-3-13(2,9-17)8-14-11-5-4-10-7-15-16-12(10)6-11/h4-7,14,17H,3,8-9H2,1-2H3,(H,15,16). The first-order valence-corrected chi connectivity index (χ1v) is 5.95. The SMILES string of the molecule is CCC(C)(CO)CNc1ccc2cn[nH]c2c1. The maximum absolute atomic E-state index is 9.35. The lowest BCUT2D eigenvalue weighted by Gasteiger charge is -2.26. The van der Waals surface area contributed by atoms with Gasteiger partial charge in [0, 0.05) is 23.0 Å². The maximum atomic E-state index is 9.35. The Hall–Kier alpha value is -1.55. The molecule has 0 amide bonds. The molecule has 2 rings (SSSR count). The molecule has 0 aliphatic carbocycles. The Kier molecular flexibility index (Phi) is 3.33. The number of fused-ring (bicyclic) bond motifs is 1. The van der Waals surface area contributed by atoms with Crippen molar-refractivity contribution in [2.45, 2.75) is 20.3 Å². The molecule has 1 aromatic heterocycles. The molecule has 1 heterocycles. The lowest BCUT2D eigenvalue weighted by atomic mass is 9.88. The largest absolute Gasteiger partial charge is 0.396 e.